The average Bonchev–Trinajstić information content (AvgIpc) is 2.61. The van der Waals surface area contributed by atoms with Gasteiger partial charge in [-0.15, -0.1) is 0 Å². The Kier molecular flexibility index (Phi) is 19.0. The Morgan fingerprint density at radius 1 is 0.667 bits per heavy atom. The van der Waals surface area contributed by atoms with Crippen LogP contribution in [0.5, 0.6) is 0 Å². The van der Waals surface area contributed by atoms with E-state index in [1.807, 2.05) is 64.1 Å². The van der Waals surface area contributed by atoms with Crippen molar-refractivity contribution in [3.05, 3.63) is 71.8 Å². The van der Waals surface area contributed by atoms with Crippen LogP contribution in [0.3, 0.4) is 0 Å². The van der Waals surface area contributed by atoms with Crippen LogP contribution in [0, 0.1) is 0 Å². The summed E-state index contributed by atoms with van der Waals surface area (Å²) in [5, 5.41) is 0. The molecular formula is C20H32O. The molecule has 0 N–H and O–H groups in total. The van der Waals surface area contributed by atoms with Crippen LogP contribution in [0.15, 0.2) is 60.7 Å². The molecule has 21 heavy (non-hydrogen) atoms. The SMILES string of the molecule is CC.CC.CCc1ccccc1.COCc1ccccc1. The van der Waals surface area contributed by atoms with E-state index in [0.717, 1.165) is 6.42 Å². The highest BCUT2D eigenvalue weighted by Gasteiger charge is 1.84. The van der Waals surface area contributed by atoms with Gasteiger partial charge in [-0.05, 0) is 17.5 Å². The zero-order chi connectivity index (χ0) is 16.3. The summed E-state index contributed by atoms with van der Waals surface area (Å²) >= 11 is 0. The van der Waals surface area contributed by atoms with Crippen LogP contribution in [0.2, 0.25) is 0 Å². The molecular weight excluding hydrogens is 256 g/mol. The Morgan fingerprint density at radius 3 is 1.33 bits per heavy atom. The van der Waals surface area contributed by atoms with Gasteiger partial charge in [0.25, 0.3) is 0 Å². The van der Waals surface area contributed by atoms with E-state index in [4.69, 9.17) is 4.74 Å². The second-order valence-corrected chi connectivity index (χ2v) is 3.76. The molecule has 2 rings (SSSR count). The fourth-order valence-electron chi connectivity index (χ4n) is 1.45. The van der Waals surface area contributed by atoms with Gasteiger partial charge in [-0.2, -0.15) is 0 Å². The van der Waals surface area contributed by atoms with Gasteiger partial charge in [0.05, 0.1) is 6.61 Å². The van der Waals surface area contributed by atoms with E-state index in [0.29, 0.717) is 6.61 Å². The van der Waals surface area contributed by atoms with Crippen molar-refractivity contribution in [2.45, 2.75) is 47.6 Å². The molecule has 0 bridgehead atoms. The Morgan fingerprint density at radius 2 is 1.05 bits per heavy atom. The molecule has 0 saturated heterocycles. The van der Waals surface area contributed by atoms with Crippen molar-refractivity contribution in [1.82, 2.24) is 0 Å². The maximum absolute atomic E-state index is 4.93. The van der Waals surface area contributed by atoms with Crippen LogP contribution in [0.25, 0.3) is 0 Å². The summed E-state index contributed by atoms with van der Waals surface area (Å²) in [6, 6.07) is 20.6. The Hall–Kier alpha value is -1.60. The number of benzene rings is 2. The molecule has 2 aromatic carbocycles. The number of rotatable bonds is 3. The van der Waals surface area contributed by atoms with Gasteiger partial charge in [-0.3, -0.25) is 0 Å². The summed E-state index contributed by atoms with van der Waals surface area (Å²) in [5.41, 5.74) is 2.63. The number of hydrogen-bond donors (Lipinski definition) is 0. The summed E-state index contributed by atoms with van der Waals surface area (Å²) in [5.74, 6) is 0. The first-order valence-corrected chi connectivity index (χ1v) is 7.93. The smallest absolute Gasteiger partial charge is 0.0713 e. The lowest BCUT2D eigenvalue weighted by Crippen LogP contribution is -1.84. The van der Waals surface area contributed by atoms with Gasteiger partial charge in [0, 0.05) is 7.11 Å². The van der Waals surface area contributed by atoms with Crippen molar-refractivity contribution in [2.24, 2.45) is 0 Å². The number of aryl methyl sites for hydroxylation is 1. The lowest BCUT2D eigenvalue weighted by molar-refractivity contribution is 0.185. The van der Waals surface area contributed by atoms with E-state index < -0.39 is 0 Å². The van der Waals surface area contributed by atoms with E-state index in [9.17, 15) is 0 Å². The lowest BCUT2D eigenvalue weighted by atomic mass is 10.2. The molecule has 0 aliphatic carbocycles. The predicted molar refractivity (Wildman–Crippen MR) is 95.7 cm³/mol. The molecule has 1 nitrogen and oxygen atoms in total. The van der Waals surface area contributed by atoms with E-state index >= 15 is 0 Å². The van der Waals surface area contributed by atoms with Crippen LogP contribution in [-0.4, -0.2) is 7.11 Å². The zero-order valence-electron chi connectivity index (χ0n) is 14.6. The minimum Gasteiger partial charge on any atom is -0.380 e. The molecule has 0 unspecified atom stereocenters. The quantitative estimate of drug-likeness (QED) is 0.659. The van der Waals surface area contributed by atoms with E-state index in [2.05, 4.69) is 31.2 Å². The largest absolute Gasteiger partial charge is 0.380 e. The van der Waals surface area contributed by atoms with Crippen molar-refractivity contribution in [3.8, 4) is 0 Å². The summed E-state index contributed by atoms with van der Waals surface area (Å²) < 4.78 is 4.93. The van der Waals surface area contributed by atoms with Gasteiger partial charge >= 0.3 is 0 Å². The minimum absolute atomic E-state index is 0.709. The van der Waals surface area contributed by atoms with Gasteiger partial charge < -0.3 is 4.74 Å². The van der Waals surface area contributed by atoms with Crippen molar-refractivity contribution in [2.75, 3.05) is 7.11 Å². The molecule has 0 amide bonds. The predicted octanol–water partition coefficient (Wildman–Crippen LogP) is 6.13. The van der Waals surface area contributed by atoms with Crippen molar-refractivity contribution < 1.29 is 4.74 Å². The monoisotopic (exact) mass is 288 g/mol. The lowest BCUT2D eigenvalue weighted by Gasteiger charge is -1.95. The molecule has 2 aromatic rings. The molecule has 0 saturated carbocycles. The summed E-state index contributed by atoms with van der Waals surface area (Å²) in [4.78, 5) is 0. The second-order valence-electron chi connectivity index (χ2n) is 3.76. The maximum Gasteiger partial charge on any atom is 0.0713 e. The van der Waals surface area contributed by atoms with E-state index in [1.54, 1.807) is 7.11 Å². The van der Waals surface area contributed by atoms with Crippen LogP contribution in [-0.2, 0) is 17.8 Å². The van der Waals surface area contributed by atoms with E-state index in [1.165, 1.54) is 11.1 Å². The van der Waals surface area contributed by atoms with Crippen molar-refractivity contribution in [3.63, 3.8) is 0 Å². The van der Waals surface area contributed by atoms with Gasteiger partial charge in [0.2, 0.25) is 0 Å². The van der Waals surface area contributed by atoms with Crippen molar-refractivity contribution in [1.29, 1.82) is 0 Å². The third-order valence-corrected chi connectivity index (χ3v) is 2.40. The van der Waals surface area contributed by atoms with Gasteiger partial charge in [-0.1, -0.05) is 95.3 Å². The van der Waals surface area contributed by atoms with Gasteiger partial charge in [0.15, 0.2) is 0 Å². The second kappa shape index (κ2) is 18.4. The molecule has 1 heteroatoms. The third-order valence-electron chi connectivity index (χ3n) is 2.40. The normalized spacial score (nSPS) is 8.10. The molecule has 0 aromatic heterocycles. The third kappa shape index (κ3) is 13.1. The molecule has 0 heterocycles. The van der Waals surface area contributed by atoms with Gasteiger partial charge in [0.1, 0.15) is 0 Å². The van der Waals surface area contributed by atoms with Crippen molar-refractivity contribution >= 4 is 0 Å². The van der Waals surface area contributed by atoms with E-state index in [-0.39, 0.29) is 0 Å². The first-order valence-electron chi connectivity index (χ1n) is 7.93. The average molecular weight is 288 g/mol. The fourth-order valence-corrected chi connectivity index (χ4v) is 1.45. The topological polar surface area (TPSA) is 9.23 Å². The standard InChI is InChI=1S/C8H10O.C8H10.2C2H6/c1-9-7-8-5-3-2-4-6-8;1-2-8-6-4-3-5-7-8;2*1-2/h2-6H,7H2,1H3;3-7H,2H2,1H3;2*1-2H3. The highest BCUT2D eigenvalue weighted by Crippen LogP contribution is 1.98. The molecule has 0 radical (unpaired) electrons. The summed E-state index contributed by atoms with van der Waals surface area (Å²) in [6.07, 6.45) is 1.14. The molecule has 118 valence electrons. The molecule has 0 aliphatic rings. The van der Waals surface area contributed by atoms with Crippen LogP contribution >= 0.6 is 0 Å². The zero-order valence-corrected chi connectivity index (χ0v) is 14.6. The molecule has 0 fully saturated rings. The van der Waals surface area contributed by atoms with Gasteiger partial charge in [-0.25, -0.2) is 0 Å². The Labute approximate surface area is 132 Å². The summed E-state index contributed by atoms with van der Waals surface area (Å²) in [6.45, 7) is 10.9. The molecule has 0 aliphatic heterocycles. The summed E-state index contributed by atoms with van der Waals surface area (Å²) in [7, 11) is 1.70. The highest BCUT2D eigenvalue weighted by atomic mass is 16.5. The molecule has 0 atom stereocenters. The number of methoxy groups -OCH3 is 1. The maximum atomic E-state index is 4.93. The number of ether oxygens (including phenoxy) is 1. The highest BCUT2D eigenvalue weighted by molar-refractivity contribution is 5.14. The minimum atomic E-state index is 0.709. The number of hydrogen-bond acceptors (Lipinski definition) is 1. The van der Waals surface area contributed by atoms with Crippen LogP contribution in [0.1, 0.15) is 45.7 Å². The Bertz CT molecular complexity index is 381. The first kappa shape index (κ1) is 21.7. The fraction of sp³-hybridized carbons (Fsp3) is 0.400. The van der Waals surface area contributed by atoms with Crippen LogP contribution < -0.4 is 0 Å². The first-order chi connectivity index (χ1) is 10.4. The Balaban J connectivity index is 0. The molecule has 0 spiro atoms. The van der Waals surface area contributed by atoms with Crippen LogP contribution in [0.4, 0.5) is 0 Å².